The molecule has 1 N–H and O–H groups in total. The number of nitrogens with one attached hydrogen (secondary N) is 1. The Morgan fingerprint density at radius 3 is 2.51 bits per heavy atom. The van der Waals surface area contributed by atoms with Crippen LogP contribution >= 0.6 is 0 Å². The lowest BCUT2D eigenvalue weighted by Crippen LogP contribution is -2.42. The third kappa shape index (κ3) is 14.3. The van der Waals surface area contributed by atoms with Crippen LogP contribution in [-0.2, 0) is 44.4 Å². The van der Waals surface area contributed by atoms with Crippen LogP contribution < -0.4 is 5.32 Å². The Balaban J connectivity index is 1.31. The molecule has 4 rings (SSSR count). The zero-order valence-electron chi connectivity index (χ0n) is 29.6. The summed E-state index contributed by atoms with van der Waals surface area (Å²) in [6.45, 7) is 4.71. The number of oxazole rings is 1. The Morgan fingerprint density at radius 1 is 1.00 bits per heavy atom. The average molecular weight is 689 g/mol. The number of fused-ring (bicyclic) bond motifs is 4. The van der Waals surface area contributed by atoms with Gasteiger partial charge in [0.1, 0.15) is 18.5 Å². The number of hydrogen-bond donors (Lipinski definition) is 1. The average Bonchev–Trinajstić information content (AvgIpc) is 3.51. The number of amides is 1. The first-order valence-corrected chi connectivity index (χ1v) is 18.0. The monoisotopic (exact) mass is 688 g/mol. The lowest BCUT2D eigenvalue weighted by atomic mass is 9.91. The molecule has 3 saturated heterocycles. The fraction of sp³-hybridized carbons (Fsp3) is 0.730. The molecule has 3 fully saturated rings. The van der Waals surface area contributed by atoms with Crippen LogP contribution in [0.15, 0.2) is 28.9 Å². The Labute approximate surface area is 290 Å². The van der Waals surface area contributed by atoms with Gasteiger partial charge in [0.2, 0.25) is 5.89 Å². The van der Waals surface area contributed by atoms with E-state index in [1.807, 2.05) is 0 Å². The number of aryl methyl sites for hydroxylation is 1. The van der Waals surface area contributed by atoms with E-state index in [0.29, 0.717) is 50.3 Å². The van der Waals surface area contributed by atoms with Crippen molar-refractivity contribution in [1.29, 1.82) is 0 Å². The van der Waals surface area contributed by atoms with Gasteiger partial charge in [-0.25, -0.2) is 14.6 Å². The van der Waals surface area contributed by atoms with Gasteiger partial charge in [-0.15, -0.1) is 0 Å². The van der Waals surface area contributed by atoms with Crippen molar-refractivity contribution in [2.24, 2.45) is 5.92 Å². The van der Waals surface area contributed by atoms with Gasteiger partial charge in [-0.05, 0) is 69.8 Å². The molecule has 3 aliphatic heterocycles. The molecule has 1 amide bonds. The van der Waals surface area contributed by atoms with Gasteiger partial charge in [0.15, 0.2) is 0 Å². The van der Waals surface area contributed by atoms with Gasteiger partial charge in [0.25, 0.3) is 0 Å². The Hall–Kier alpha value is -3.22. The van der Waals surface area contributed by atoms with Gasteiger partial charge in [-0.1, -0.05) is 32.4 Å². The highest BCUT2D eigenvalue weighted by molar-refractivity contribution is 5.82. The largest absolute Gasteiger partial charge is 0.462 e. The SMILES string of the molecule is COC(=O)NC/C=C\c1nc(CC/C=C\C(=O)O[C@H]2CC3CC(=O)O[C@@H](CCCC(C)C)CC4CCCC(C[C@@H](OC)CC(C2)O3)O4)co1. The van der Waals surface area contributed by atoms with Crippen molar-refractivity contribution in [2.75, 3.05) is 20.8 Å². The normalized spacial score (nSPS) is 28.3. The molecule has 4 heterocycles. The topological polar surface area (TPSA) is 145 Å². The van der Waals surface area contributed by atoms with Gasteiger partial charge in [-0.2, -0.15) is 0 Å². The van der Waals surface area contributed by atoms with Crippen molar-refractivity contribution in [3.63, 3.8) is 0 Å². The third-order valence-corrected chi connectivity index (χ3v) is 9.27. The first-order valence-electron chi connectivity index (χ1n) is 18.0. The van der Waals surface area contributed by atoms with Crippen LogP contribution in [0.5, 0.6) is 0 Å². The van der Waals surface area contributed by atoms with Crippen LogP contribution in [0.3, 0.4) is 0 Å². The minimum absolute atomic E-state index is 0.0652. The minimum atomic E-state index is -0.515. The van der Waals surface area contributed by atoms with Crippen LogP contribution in [-0.4, -0.2) is 86.5 Å². The van der Waals surface area contributed by atoms with Crippen molar-refractivity contribution in [3.05, 3.63) is 36.1 Å². The number of hydrogen-bond acceptors (Lipinski definition) is 11. The highest BCUT2D eigenvalue weighted by atomic mass is 16.6. The number of carbonyl (C=O) groups is 3. The number of aromatic nitrogens is 1. The number of ether oxygens (including phenoxy) is 6. The van der Waals surface area contributed by atoms with Gasteiger partial charge in [0.05, 0.1) is 49.7 Å². The smallest absolute Gasteiger partial charge is 0.407 e. The zero-order valence-corrected chi connectivity index (χ0v) is 29.6. The molecule has 49 heavy (non-hydrogen) atoms. The lowest BCUT2D eigenvalue weighted by molar-refractivity contribution is -0.171. The molecule has 1 aromatic heterocycles. The summed E-state index contributed by atoms with van der Waals surface area (Å²) in [5, 5.41) is 2.54. The fourth-order valence-electron chi connectivity index (χ4n) is 6.84. The minimum Gasteiger partial charge on any atom is -0.462 e. The number of alkyl carbamates (subject to hydrolysis) is 1. The van der Waals surface area contributed by atoms with Crippen molar-refractivity contribution >= 4 is 24.1 Å². The summed E-state index contributed by atoms with van der Waals surface area (Å²) in [5.41, 5.74) is 0.740. The molecule has 7 atom stereocenters. The van der Waals surface area contributed by atoms with Crippen molar-refractivity contribution in [2.45, 2.75) is 146 Å². The maximum atomic E-state index is 13.3. The summed E-state index contributed by atoms with van der Waals surface area (Å²) in [7, 11) is 3.02. The summed E-state index contributed by atoms with van der Waals surface area (Å²) in [6.07, 6.45) is 16.8. The summed E-state index contributed by atoms with van der Waals surface area (Å²) >= 11 is 0. The molecular formula is C37H56N2O10. The fourth-order valence-corrected chi connectivity index (χ4v) is 6.84. The number of rotatable bonds is 13. The quantitative estimate of drug-likeness (QED) is 0.142. The molecule has 0 spiro atoms. The first-order chi connectivity index (χ1) is 23.7. The van der Waals surface area contributed by atoms with Crippen molar-refractivity contribution in [3.8, 4) is 0 Å². The van der Waals surface area contributed by atoms with E-state index in [-0.39, 0.29) is 49.5 Å². The molecule has 0 aliphatic carbocycles. The standard InChI is InChI=1S/C37H56N2O10/c1-25(2)10-7-12-29-18-27-13-8-14-28(46-27)19-30(43-3)20-31-21-32(22-33(47-31)23-36(41)48-29)49-35(40)16-6-5-11-26-24-45-34(39-26)15-9-17-38-37(42)44-4/h6,9,15-16,24-25,27-33H,5,7-8,10-14,17-23H2,1-4H3,(H,38,42)/b15-9-,16-6-/t27?,28?,29-,30+,31?,32+,33?/m0/s1. The lowest BCUT2D eigenvalue weighted by Gasteiger charge is -2.38. The van der Waals surface area contributed by atoms with E-state index in [0.717, 1.165) is 50.6 Å². The molecule has 3 aliphatic rings. The summed E-state index contributed by atoms with van der Waals surface area (Å²) in [6, 6.07) is 0. The first kappa shape index (κ1) is 38.6. The van der Waals surface area contributed by atoms with Gasteiger partial charge in [0, 0.05) is 39.0 Å². The van der Waals surface area contributed by atoms with Gasteiger partial charge >= 0.3 is 18.0 Å². The second-order valence-electron chi connectivity index (χ2n) is 13.8. The number of allylic oxidation sites excluding steroid dienone is 1. The van der Waals surface area contributed by atoms with E-state index in [2.05, 4.69) is 28.9 Å². The highest BCUT2D eigenvalue weighted by Gasteiger charge is 2.37. The summed E-state index contributed by atoms with van der Waals surface area (Å²) in [5.74, 6) is 0.306. The maximum absolute atomic E-state index is 13.3. The van der Waals surface area contributed by atoms with Crippen LogP contribution in [0.25, 0.3) is 6.08 Å². The van der Waals surface area contributed by atoms with Crippen LogP contribution in [0, 0.1) is 5.92 Å². The van der Waals surface area contributed by atoms with Crippen LogP contribution in [0.2, 0.25) is 0 Å². The molecular weight excluding hydrogens is 632 g/mol. The van der Waals surface area contributed by atoms with E-state index in [9.17, 15) is 14.4 Å². The molecule has 1 aromatic rings. The summed E-state index contributed by atoms with van der Waals surface area (Å²) < 4.78 is 40.8. The molecule has 0 radical (unpaired) electrons. The molecule has 274 valence electrons. The number of carbonyl (C=O) groups excluding carboxylic acids is 3. The molecule has 4 unspecified atom stereocenters. The molecule has 0 aromatic carbocycles. The molecule has 12 heteroatoms. The van der Waals surface area contributed by atoms with Crippen LogP contribution in [0.4, 0.5) is 4.79 Å². The number of esters is 2. The Morgan fingerprint density at radius 2 is 1.73 bits per heavy atom. The third-order valence-electron chi connectivity index (χ3n) is 9.27. The van der Waals surface area contributed by atoms with E-state index in [1.54, 1.807) is 31.6 Å². The molecule has 0 saturated carbocycles. The second kappa shape index (κ2) is 20.5. The molecule has 4 bridgehead atoms. The predicted molar refractivity (Wildman–Crippen MR) is 182 cm³/mol. The zero-order chi connectivity index (χ0) is 35.0. The Kier molecular flexibility index (Phi) is 16.1. The van der Waals surface area contributed by atoms with E-state index in [1.165, 1.54) is 13.2 Å². The van der Waals surface area contributed by atoms with Crippen molar-refractivity contribution in [1.82, 2.24) is 10.3 Å². The number of cyclic esters (lactones) is 1. The van der Waals surface area contributed by atoms with E-state index >= 15 is 0 Å². The predicted octanol–water partition coefficient (Wildman–Crippen LogP) is 6.26. The van der Waals surface area contributed by atoms with Gasteiger partial charge < -0.3 is 38.2 Å². The highest BCUT2D eigenvalue weighted by Crippen LogP contribution is 2.32. The number of nitrogens with zero attached hydrogens (tertiary/aromatic N) is 1. The second-order valence-corrected chi connectivity index (χ2v) is 13.8. The van der Waals surface area contributed by atoms with Crippen LogP contribution in [0.1, 0.15) is 109 Å². The Bertz CT molecular complexity index is 1230. The van der Waals surface area contributed by atoms with E-state index < -0.39 is 24.3 Å². The van der Waals surface area contributed by atoms with E-state index in [4.69, 9.17) is 28.1 Å². The van der Waals surface area contributed by atoms with Gasteiger partial charge in [-0.3, -0.25) is 4.79 Å². The maximum Gasteiger partial charge on any atom is 0.407 e. The summed E-state index contributed by atoms with van der Waals surface area (Å²) in [4.78, 5) is 41.6. The molecule has 12 nitrogen and oxygen atoms in total. The van der Waals surface area contributed by atoms with Crippen molar-refractivity contribution < 1.29 is 47.2 Å². The number of methoxy groups -OCH3 is 2.